The van der Waals surface area contributed by atoms with Crippen LogP contribution in [0.5, 0.6) is 0 Å². The third-order valence-electron chi connectivity index (χ3n) is 6.35. The number of carbonyl (C=O) groups is 2. The van der Waals surface area contributed by atoms with Gasteiger partial charge in [-0.3, -0.25) is 19.4 Å². The number of rotatable bonds is 5. The molecule has 150 valence electrons. The summed E-state index contributed by atoms with van der Waals surface area (Å²) >= 11 is 6.26. The number of amides is 2. The number of allylic oxidation sites excluding steroid dienone is 2. The Hall–Kier alpha value is -1.85. The third-order valence-corrected chi connectivity index (χ3v) is 6.75. The van der Waals surface area contributed by atoms with Gasteiger partial charge in [-0.15, -0.1) is 0 Å². The molecule has 6 heteroatoms. The lowest BCUT2D eigenvalue weighted by Gasteiger charge is -2.36. The second kappa shape index (κ2) is 8.26. The Morgan fingerprint density at radius 3 is 2.21 bits per heavy atom. The van der Waals surface area contributed by atoms with Crippen LogP contribution >= 0.6 is 11.6 Å². The van der Waals surface area contributed by atoms with Gasteiger partial charge in [0.1, 0.15) is 0 Å². The van der Waals surface area contributed by atoms with Crippen molar-refractivity contribution in [3.63, 3.8) is 0 Å². The molecule has 1 aromatic carbocycles. The van der Waals surface area contributed by atoms with Gasteiger partial charge >= 0.3 is 0 Å². The van der Waals surface area contributed by atoms with E-state index in [-0.39, 0.29) is 23.7 Å². The lowest BCUT2D eigenvalue weighted by molar-refractivity contribution is -0.140. The van der Waals surface area contributed by atoms with E-state index in [1.54, 1.807) is 0 Å². The third kappa shape index (κ3) is 3.83. The van der Waals surface area contributed by atoms with Crippen molar-refractivity contribution in [3.05, 3.63) is 40.9 Å². The Morgan fingerprint density at radius 2 is 1.61 bits per heavy atom. The molecule has 4 rings (SSSR count). The van der Waals surface area contributed by atoms with Crippen LogP contribution in [0.2, 0.25) is 5.02 Å². The van der Waals surface area contributed by atoms with E-state index in [4.69, 9.17) is 11.6 Å². The molecule has 2 fully saturated rings. The zero-order valence-electron chi connectivity index (χ0n) is 16.4. The first kappa shape index (κ1) is 19.5. The normalized spacial score (nSPS) is 25.5. The summed E-state index contributed by atoms with van der Waals surface area (Å²) in [6, 6.07) is 6.25. The molecule has 0 saturated carbocycles. The van der Waals surface area contributed by atoms with E-state index in [2.05, 4.69) is 21.9 Å². The number of piperazine rings is 1. The summed E-state index contributed by atoms with van der Waals surface area (Å²) in [6.45, 7) is 7.41. The van der Waals surface area contributed by atoms with Crippen LogP contribution in [0.1, 0.15) is 24.8 Å². The summed E-state index contributed by atoms with van der Waals surface area (Å²) in [4.78, 5) is 31.4. The molecule has 0 bridgehead atoms. The molecule has 2 amide bonds. The highest BCUT2D eigenvalue weighted by Gasteiger charge is 2.46. The van der Waals surface area contributed by atoms with Gasteiger partial charge < -0.3 is 4.90 Å². The number of benzene rings is 1. The van der Waals surface area contributed by atoms with Gasteiger partial charge in [-0.1, -0.05) is 29.8 Å². The van der Waals surface area contributed by atoms with Crippen LogP contribution in [0.3, 0.4) is 0 Å². The Labute approximate surface area is 171 Å². The molecule has 0 N–H and O–H groups in total. The van der Waals surface area contributed by atoms with Crippen LogP contribution in [0, 0.1) is 18.8 Å². The van der Waals surface area contributed by atoms with Gasteiger partial charge in [-0.2, -0.15) is 0 Å². The number of carbonyl (C=O) groups excluding carboxylic acids is 2. The quantitative estimate of drug-likeness (QED) is 0.561. The molecule has 0 radical (unpaired) electrons. The standard InChI is InChI=1S/C22H28ClN3O2/c1-16-7-8-17(15-20(16)23)25-13-11-24(12-14-25)9-4-10-26-21(27)18-5-2-3-6-19(18)22(26)28/h2-3,7-8,15,18-19H,4-6,9-14H2,1H3. The van der Waals surface area contributed by atoms with Gasteiger partial charge in [-0.25, -0.2) is 0 Å². The van der Waals surface area contributed by atoms with E-state index in [0.717, 1.165) is 62.6 Å². The Morgan fingerprint density at radius 1 is 0.964 bits per heavy atom. The van der Waals surface area contributed by atoms with Crippen LogP contribution in [-0.4, -0.2) is 60.9 Å². The Kier molecular flexibility index (Phi) is 5.74. The Bertz CT molecular complexity index is 760. The van der Waals surface area contributed by atoms with Gasteiger partial charge in [0.25, 0.3) is 0 Å². The fourth-order valence-corrected chi connectivity index (χ4v) is 4.72. The van der Waals surface area contributed by atoms with Crippen LogP contribution in [-0.2, 0) is 9.59 Å². The van der Waals surface area contributed by atoms with Gasteiger partial charge in [0, 0.05) is 43.4 Å². The molecule has 0 aromatic heterocycles. The molecule has 1 aromatic rings. The summed E-state index contributed by atoms with van der Waals surface area (Å²) in [5.41, 5.74) is 2.28. The predicted octanol–water partition coefficient (Wildman–Crippen LogP) is 3.11. The Balaban J connectivity index is 1.23. The molecular formula is C22H28ClN3O2. The molecule has 2 unspecified atom stereocenters. The summed E-state index contributed by atoms with van der Waals surface area (Å²) in [7, 11) is 0. The van der Waals surface area contributed by atoms with Crippen molar-refractivity contribution in [2.45, 2.75) is 26.2 Å². The van der Waals surface area contributed by atoms with Crippen molar-refractivity contribution in [2.75, 3.05) is 44.2 Å². The molecule has 3 aliphatic rings. The van der Waals surface area contributed by atoms with Crippen molar-refractivity contribution >= 4 is 29.1 Å². The minimum absolute atomic E-state index is 0.0421. The highest BCUT2D eigenvalue weighted by Crippen LogP contribution is 2.35. The summed E-state index contributed by atoms with van der Waals surface area (Å²) < 4.78 is 0. The monoisotopic (exact) mass is 401 g/mol. The summed E-state index contributed by atoms with van der Waals surface area (Å²) in [5.74, 6) is -0.134. The van der Waals surface area contributed by atoms with Crippen LogP contribution in [0.4, 0.5) is 5.69 Å². The summed E-state index contributed by atoms with van der Waals surface area (Å²) in [6.07, 6.45) is 6.36. The largest absolute Gasteiger partial charge is 0.369 e. The van der Waals surface area contributed by atoms with Crippen LogP contribution in [0.25, 0.3) is 0 Å². The van der Waals surface area contributed by atoms with E-state index in [0.29, 0.717) is 6.54 Å². The van der Waals surface area contributed by atoms with Crippen LogP contribution < -0.4 is 4.90 Å². The number of hydrogen-bond acceptors (Lipinski definition) is 4. The topological polar surface area (TPSA) is 43.9 Å². The van der Waals surface area contributed by atoms with Crippen LogP contribution in [0.15, 0.2) is 30.4 Å². The zero-order chi connectivity index (χ0) is 19.7. The summed E-state index contributed by atoms with van der Waals surface area (Å²) in [5, 5.41) is 0.815. The lowest BCUT2D eigenvalue weighted by Crippen LogP contribution is -2.47. The fourth-order valence-electron chi connectivity index (χ4n) is 4.55. The fraction of sp³-hybridized carbons (Fsp3) is 0.545. The van der Waals surface area contributed by atoms with Crippen molar-refractivity contribution in [1.29, 1.82) is 0 Å². The number of nitrogens with zero attached hydrogens (tertiary/aromatic N) is 3. The highest BCUT2D eigenvalue weighted by molar-refractivity contribution is 6.31. The molecule has 2 atom stereocenters. The average molecular weight is 402 g/mol. The molecular weight excluding hydrogens is 374 g/mol. The van der Waals surface area contributed by atoms with Crippen molar-refractivity contribution in [2.24, 2.45) is 11.8 Å². The number of fused-ring (bicyclic) bond motifs is 1. The minimum atomic E-state index is -0.109. The number of likely N-dealkylation sites (tertiary alicyclic amines) is 1. The van der Waals surface area contributed by atoms with Crippen molar-refractivity contribution < 1.29 is 9.59 Å². The van der Waals surface area contributed by atoms with E-state index >= 15 is 0 Å². The van der Waals surface area contributed by atoms with E-state index < -0.39 is 0 Å². The number of aryl methyl sites for hydroxylation is 1. The van der Waals surface area contributed by atoms with E-state index in [9.17, 15) is 9.59 Å². The van der Waals surface area contributed by atoms with E-state index in [1.807, 2.05) is 25.1 Å². The first-order valence-corrected chi connectivity index (χ1v) is 10.7. The maximum absolute atomic E-state index is 12.5. The average Bonchev–Trinajstić information content (AvgIpc) is 2.96. The molecule has 1 aliphatic carbocycles. The zero-order valence-corrected chi connectivity index (χ0v) is 17.2. The van der Waals surface area contributed by atoms with Gasteiger partial charge in [-0.05, 0) is 50.4 Å². The maximum atomic E-state index is 12.5. The molecule has 5 nitrogen and oxygen atoms in total. The lowest BCUT2D eigenvalue weighted by atomic mass is 9.85. The smallest absolute Gasteiger partial charge is 0.233 e. The van der Waals surface area contributed by atoms with Crippen molar-refractivity contribution in [3.8, 4) is 0 Å². The number of halogens is 1. The molecule has 28 heavy (non-hydrogen) atoms. The van der Waals surface area contributed by atoms with E-state index in [1.165, 1.54) is 10.6 Å². The first-order valence-electron chi connectivity index (χ1n) is 10.3. The number of imide groups is 1. The SMILES string of the molecule is Cc1ccc(N2CCN(CCCN3C(=O)C4CC=CCC4C3=O)CC2)cc1Cl. The van der Waals surface area contributed by atoms with Crippen molar-refractivity contribution in [1.82, 2.24) is 9.80 Å². The second-order valence-corrected chi connectivity index (χ2v) is 8.51. The number of hydrogen-bond donors (Lipinski definition) is 0. The van der Waals surface area contributed by atoms with Gasteiger partial charge in [0.2, 0.25) is 11.8 Å². The minimum Gasteiger partial charge on any atom is -0.369 e. The van der Waals surface area contributed by atoms with Gasteiger partial charge in [0.05, 0.1) is 11.8 Å². The molecule has 0 spiro atoms. The maximum Gasteiger partial charge on any atom is 0.233 e. The predicted molar refractivity (Wildman–Crippen MR) is 112 cm³/mol. The molecule has 2 aliphatic heterocycles. The molecule has 2 heterocycles. The van der Waals surface area contributed by atoms with Gasteiger partial charge in [0.15, 0.2) is 0 Å². The number of anilines is 1. The molecule has 2 saturated heterocycles. The highest BCUT2D eigenvalue weighted by atomic mass is 35.5. The second-order valence-electron chi connectivity index (χ2n) is 8.10. The first-order chi connectivity index (χ1) is 13.5.